The molecule has 12 heavy (non-hydrogen) atoms. The van der Waals surface area contributed by atoms with Gasteiger partial charge in [0.05, 0.1) is 0 Å². The maximum absolute atomic E-state index is 5.37. The van der Waals surface area contributed by atoms with Gasteiger partial charge in [-0.2, -0.15) is 0 Å². The molecule has 0 aliphatic carbocycles. The smallest absolute Gasteiger partial charge is 0.0429 e. The zero-order valence-electron chi connectivity index (χ0n) is 7.72. The minimum absolute atomic E-state index is 0.128. The quantitative estimate of drug-likeness (QED) is 0.581. The van der Waals surface area contributed by atoms with Crippen molar-refractivity contribution in [3.05, 3.63) is 24.0 Å². The van der Waals surface area contributed by atoms with Gasteiger partial charge in [-0.3, -0.25) is 0 Å². The van der Waals surface area contributed by atoms with Crippen molar-refractivity contribution in [3.8, 4) is 0 Å². The van der Waals surface area contributed by atoms with Crippen LogP contribution in [0.1, 0.15) is 19.5 Å². The molecule has 0 radical (unpaired) electrons. The SMILES string of the molecule is CC(C)(CNCN)c1ccc[nH]1. The van der Waals surface area contributed by atoms with Crippen LogP contribution < -0.4 is 11.1 Å². The van der Waals surface area contributed by atoms with Crippen molar-refractivity contribution < 1.29 is 0 Å². The molecular weight excluding hydrogens is 150 g/mol. The minimum atomic E-state index is 0.128. The minimum Gasteiger partial charge on any atom is -0.365 e. The highest BCUT2D eigenvalue weighted by molar-refractivity contribution is 5.15. The average molecular weight is 167 g/mol. The van der Waals surface area contributed by atoms with E-state index in [1.807, 2.05) is 12.3 Å². The van der Waals surface area contributed by atoms with Crippen LogP contribution in [0.5, 0.6) is 0 Å². The van der Waals surface area contributed by atoms with Gasteiger partial charge < -0.3 is 16.0 Å². The Morgan fingerprint density at radius 2 is 2.33 bits per heavy atom. The number of hydrogen-bond donors (Lipinski definition) is 3. The monoisotopic (exact) mass is 167 g/mol. The molecule has 0 atom stereocenters. The standard InChI is InChI=1S/C9H17N3/c1-9(2,6-11-7-10)8-4-3-5-12-8/h3-5,11-12H,6-7,10H2,1-2H3. The molecule has 0 saturated heterocycles. The third-order valence-corrected chi connectivity index (χ3v) is 2.04. The Labute approximate surface area is 73.4 Å². The molecule has 1 aromatic rings. The van der Waals surface area contributed by atoms with E-state index in [0.717, 1.165) is 6.54 Å². The van der Waals surface area contributed by atoms with Crippen LogP contribution in [0, 0.1) is 0 Å². The molecule has 0 aliphatic heterocycles. The van der Waals surface area contributed by atoms with Crippen molar-refractivity contribution in [2.45, 2.75) is 19.3 Å². The summed E-state index contributed by atoms with van der Waals surface area (Å²) >= 11 is 0. The molecule has 0 fully saturated rings. The number of hydrogen-bond acceptors (Lipinski definition) is 2. The fraction of sp³-hybridized carbons (Fsp3) is 0.556. The zero-order chi connectivity index (χ0) is 9.03. The molecule has 4 N–H and O–H groups in total. The second-order valence-corrected chi connectivity index (χ2v) is 3.60. The summed E-state index contributed by atoms with van der Waals surface area (Å²) in [4.78, 5) is 3.21. The number of nitrogens with two attached hydrogens (primary N) is 1. The van der Waals surface area contributed by atoms with Crippen LogP contribution >= 0.6 is 0 Å². The summed E-state index contributed by atoms with van der Waals surface area (Å²) in [6.45, 7) is 5.79. The lowest BCUT2D eigenvalue weighted by Crippen LogP contribution is -2.36. The lowest BCUT2D eigenvalue weighted by molar-refractivity contribution is 0.464. The predicted octanol–water partition coefficient (Wildman–Crippen LogP) is 0.798. The Morgan fingerprint density at radius 3 is 2.83 bits per heavy atom. The van der Waals surface area contributed by atoms with Crippen LogP contribution in [0.25, 0.3) is 0 Å². The highest BCUT2D eigenvalue weighted by Crippen LogP contribution is 2.19. The second-order valence-electron chi connectivity index (χ2n) is 3.60. The Morgan fingerprint density at radius 1 is 1.58 bits per heavy atom. The molecule has 68 valence electrons. The first-order valence-corrected chi connectivity index (χ1v) is 4.21. The fourth-order valence-electron chi connectivity index (χ4n) is 1.23. The van der Waals surface area contributed by atoms with Gasteiger partial charge in [-0.1, -0.05) is 13.8 Å². The van der Waals surface area contributed by atoms with Gasteiger partial charge in [-0.15, -0.1) is 0 Å². The second kappa shape index (κ2) is 3.74. The van der Waals surface area contributed by atoms with Gasteiger partial charge in [0.1, 0.15) is 0 Å². The van der Waals surface area contributed by atoms with E-state index in [2.05, 4.69) is 30.2 Å². The summed E-state index contributed by atoms with van der Waals surface area (Å²) in [6, 6.07) is 4.11. The van der Waals surface area contributed by atoms with Gasteiger partial charge in [-0.05, 0) is 12.1 Å². The molecule has 1 rings (SSSR count). The van der Waals surface area contributed by atoms with Crippen LogP contribution in [0.2, 0.25) is 0 Å². The Bertz CT molecular complexity index is 214. The van der Waals surface area contributed by atoms with Crippen molar-refractivity contribution >= 4 is 0 Å². The molecule has 1 aromatic heterocycles. The lowest BCUT2D eigenvalue weighted by atomic mass is 9.89. The van der Waals surface area contributed by atoms with E-state index in [9.17, 15) is 0 Å². The topological polar surface area (TPSA) is 53.8 Å². The lowest BCUT2D eigenvalue weighted by Gasteiger charge is -2.23. The first kappa shape index (κ1) is 9.29. The van der Waals surface area contributed by atoms with Gasteiger partial charge in [-0.25, -0.2) is 0 Å². The van der Waals surface area contributed by atoms with Gasteiger partial charge in [0, 0.05) is 30.5 Å². The molecule has 3 heteroatoms. The summed E-state index contributed by atoms with van der Waals surface area (Å²) in [5.74, 6) is 0. The molecule has 0 aromatic carbocycles. The van der Waals surface area contributed by atoms with E-state index in [1.54, 1.807) is 0 Å². The highest BCUT2D eigenvalue weighted by atomic mass is 15.0. The first-order chi connectivity index (χ1) is 5.67. The Hall–Kier alpha value is -0.800. The van der Waals surface area contributed by atoms with Crippen molar-refractivity contribution in [2.75, 3.05) is 13.2 Å². The maximum Gasteiger partial charge on any atom is 0.0429 e. The van der Waals surface area contributed by atoms with Crippen molar-refractivity contribution in [1.29, 1.82) is 0 Å². The van der Waals surface area contributed by atoms with E-state index in [1.165, 1.54) is 5.69 Å². The molecule has 1 heterocycles. The van der Waals surface area contributed by atoms with Gasteiger partial charge >= 0.3 is 0 Å². The Balaban J connectivity index is 2.59. The van der Waals surface area contributed by atoms with E-state index in [0.29, 0.717) is 6.67 Å². The molecule has 0 aliphatic rings. The van der Waals surface area contributed by atoms with Crippen LogP contribution in [0.15, 0.2) is 18.3 Å². The van der Waals surface area contributed by atoms with E-state index >= 15 is 0 Å². The molecule has 0 saturated carbocycles. The maximum atomic E-state index is 5.37. The largest absolute Gasteiger partial charge is 0.365 e. The number of H-pyrrole nitrogens is 1. The number of rotatable bonds is 4. The normalized spacial score (nSPS) is 11.9. The summed E-state index contributed by atoms with van der Waals surface area (Å²) in [7, 11) is 0. The van der Waals surface area contributed by atoms with Crippen LogP contribution in [0.3, 0.4) is 0 Å². The summed E-state index contributed by atoms with van der Waals surface area (Å²) in [5.41, 5.74) is 6.73. The van der Waals surface area contributed by atoms with Crippen molar-refractivity contribution in [1.82, 2.24) is 10.3 Å². The van der Waals surface area contributed by atoms with Crippen molar-refractivity contribution in [3.63, 3.8) is 0 Å². The van der Waals surface area contributed by atoms with Crippen LogP contribution in [-0.2, 0) is 5.41 Å². The third kappa shape index (κ3) is 2.09. The summed E-state index contributed by atoms with van der Waals surface area (Å²) in [6.07, 6.45) is 1.94. The molecule has 0 bridgehead atoms. The van der Waals surface area contributed by atoms with E-state index < -0.39 is 0 Å². The summed E-state index contributed by atoms with van der Waals surface area (Å²) < 4.78 is 0. The predicted molar refractivity (Wildman–Crippen MR) is 50.9 cm³/mol. The van der Waals surface area contributed by atoms with Gasteiger partial charge in [0.25, 0.3) is 0 Å². The molecule has 0 spiro atoms. The molecule has 3 nitrogen and oxygen atoms in total. The Kier molecular flexibility index (Phi) is 2.89. The zero-order valence-corrected chi connectivity index (χ0v) is 7.72. The van der Waals surface area contributed by atoms with Crippen LogP contribution in [-0.4, -0.2) is 18.2 Å². The fourth-order valence-corrected chi connectivity index (χ4v) is 1.23. The first-order valence-electron chi connectivity index (χ1n) is 4.21. The average Bonchev–Trinajstić information content (AvgIpc) is 2.53. The van der Waals surface area contributed by atoms with Crippen LogP contribution in [0.4, 0.5) is 0 Å². The van der Waals surface area contributed by atoms with E-state index in [-0.39, 0.29) is 5.41 Å². The molecular formula is C9H17N3. The van der Waals surface area contributed by atoms with Gasteiger partial charge in [0.15, 0.2) is 0 Å². The highest BCUT2D eigenvalue weighted by Gasteiger charge is 2.20. The third-order valence-electron chi connectivity index (χ3n) is 2.04. The van der Waals surface area contributed by atoms with Crippen molar-refractivity contribution in [2.24, 2.45) is 5.73 Å². The number of nitrogens with one attached hydrogen (secondary N) is 2. The number of aromatic nitrogens is 1. The van der Waals surface area contributed by atoms with Gasteiger partial charge in [0.2, 0.25) is 0 Å². The van der Waals surface area contributed by atoms with E-state index in [4.69, 9.17) is 5.73 Å². The molecule has 0 unspecified atom stereocenters. The molecule has 0 amide bonds. The number of aromatic amines is 1. The summed E-state index contributed by atoms with van der Waals surface area (Å²) in [5, 5.41) is 3.13.